The van der Waals surface area contributed by atoms with Gasteiger partial charge in [-0.1, -0.05) is 18.2 Å². The Morgan fingerprint density at radius 1 is 1.12 bits per heavy atom. The molecule has 0 radical (unpaired) electrons. The number of imidazole rings is 1. The number of H-pyrrole nitrogens is 1. The first-order valence-electron chi connectivity index (χ1n) is 10.2. The molecule has 0 spiro atoms. The number of carbonyl (C=O) groups excluding carboxylic acids is 1. The van der Waals surface area contributed by atoms with Crippen molar-refractivity contribution in [3.05, 3.63) is 93.3 Å². The van der Waals surface area contributed by atoms with E-state index in [2.05, 4.69) is 20.5 Å². The number of para-hydroxylation sites is 1. The molecular formula is C24H21N5O5. The van der Waals surface area contributed by atoms with E-state index in [-0.39, 0.29) is 11.3 Å². The molecule has 10 heteroatoms. The van der Waals surface area contributed by atoms with E-state index in [9.17, 15) is 14.9 Å². The molecule has 1 amide bonds. The molecule has 0 unspecified atom stereocenters. The van der Waals surface area contributed by atoms with Crippen LogP contribution >= 0.6 is 0 Å². The average Bonchev–Trinajstić information content (AvgIpc) is 3.25. The fourth-order valence-corrected chi connectivity index (χ4v) is 3.46. The number of nitrogens with one attached hydrogen (secondary N) is 2. The van der Waals surface area contributed by atoms with Crippen LogP contribution < -0.4 is 14.9 Å². The zero-order chi connectivity index (χ0) is 24.1. The zero-order valence-corrected chi connectivity index (χ0v) is 18.4. The molecule has 34 heavy (non-hydrogen) atoms. The number of methoxy groups -OCH3 is 2. The number of carbonyl (C=O) groups is 1. The number of aromatic nitrogens is 2. The van der Waals surface area contributed by atoms with E-state index < -0.39 is 10.8 Å². The van der Waals surface area contributed by atoms with Gasteiger partial charge in [-0.25, -0.2) is 10.4 Å². The highest BCUT2D eigenvalue weighted by atomic mass is 16.6. The van der Waals surface area contributed by atoms with Crippen LogP contribution in [0.2, 0.25) is 0 Å². The van der Waals surface area contributed by atoms with Gasteiger partial charge >= 0.3 is 0 Å². The fourth-order valence-electron chi connectivity index (χ4n) is 3.46. The fraction of sp³-hybridized carbons (Fsp3) is 0.125. The molecule has 0 bridgehead atoms. The molecule has 1 heterocycles. The summed E-state index contributed by atoms with van der Waals surface area (Å²) >= 11 is 0. The van der Waals surface area contributed by atoms with Gasteiger partial charge in [-0.15, -0.1) is 0 Å². The first kappa shape index (κ1) is 22.5. The highest BCUT2D eigenvalue weighted by Crippen LogP contribution is 2.28. The van der Waals surface area contributed by atoms with Crippen molar-refractivity contribution in [2.24, 2.45) is 5.10 Å². The first-order chi connectivity index (χ1) is 16.5. The van der Waals surface area contributed by atoms with Crippen molar-refractivity contribution in [1.29, 1.82) is 0 Å². The lowest BCUT2D eigenvalue weighted by molar-refractivity contribution is -0.385. The lowest BCUT2D eigenvalue weighted by Gasteiger charge is -2.08. The summed E-state index contributed by atoms with van der Waals surface area (Å²) in [5.41, 5.74) is 5.36. The van der Waals surface area contributed by atoms with Crippen LogP contribution in [0.4, 0.5) is 5.69 Å². The highest BCUT2D eigenvalue weighted by molar-refractivity contribution is 5.98. The molecule has 4 rings (SSSR count). The Morgan fingerprint density at radius 2 is 1.91 bits per heavy atom. The molecule has 4 aromatic rings. The van der Waals surface area contributed by atoms with Crippen molar-refractivity contribution in [3.8, 4) is 11.5 Å². The Kier molecular flexibility index (Phi) is 6.49. The lowest BCUT2D eigenvalue weighted by Crippen LogP contribution is -2.17. The van der Waals surface area contributed by atoms with Gasteiger partial charge in [-0.05, 0) is 42.0 Å². The van der Waals surface area contributed by atoms with Crippen LogP contribution in [0.3, 0.4) is 0 Å². The molecule has 0 aliphatic carbocycles. The molecule has 0 atom stereocenters. The second kappa shape index (κ2) is 9.82. The van der Waals surface area contributed by atoms with Gasteiger partial charge in [0.1, 0.15) is 5.82 Å². The van der Waals surface area contributed by atoms with Gasteiger partial charge in [0, 0.05) is 18.1 Å². The van der Waals surface area contributed by atoms with Crippen molar-refractivity contribution in [2.45, 2.75) is 6.42 Å². The van der Waals surface area contributed by atoms with E-state index in [1.807, 2.05) is 18.2 Å². The van der Waals surface area contributed by atoms with Crippen LogP contribution in [0.25, 0.3) is 11.0 Å². The van der Waals surface area contributed by atoms with Gasteiger partial charge in [0.05, 0.1) is 42.0 Å². The molecule has 0 aliphatic rings. The van der Waals surface area contributed by atoms with Gasteiger partial charge < -0.3 is 14.5 Å². The molecule has 172 valence electrons. The van der Waals surface area contributed by atoms with Crippen LogP contribution in [-0.2, 0) is 6.42 Å². The highest BCUT2D eigenvalue weighted by Gasteiger charge is 2.12. The van der Waals surface area contributed by atoms with Crippen LogP contribution in [0.1, 0.15) is 27.3 Å². The molecule has 2 N–H and O–H groups in total. The number of ether oxygens (including phenoxy) is 2. The summed E-state index contributed by atoms with van der Waals surface area (Å²) in [4.78, 5) is 30.9. The predicted octanol–water partition coefficient (Wildman–Crippen LogP) is 3.84. The number of rotatable bonds is 8. The van der Waals surface area contributed by atoms with E-state index in [1.165, 1.54) is 12.3 Å². The molecule has 0 fully saturated rings. The third kappa shape index (κ3) is 4.85. The Bertz CT molecular complexity index is 1400. The number of nitro benzene ring substituents is 1. The van der Waals surface area contributed by atoms with E-state index in [0.29, 0.717) is 29.0 Å². The molecule has 10 nitrogen and oxygen atoms in total. The maximum atomic E-state index is 12.5. The SMILES string of the molecule is COc1ccc(Cc2nc3ccc(C(=O)N/N=C\c4ccccc4[N+](=O)[O-])cc3[nH]2)cc1OC. The summed E-state index contributed by atoms with van der Waals surface area (Å²) in [5, 5.41) is 14.9. The number of amides is 1. The third-order valence-electron chi connectivity index (χ3n) is 5.12. The topological polar surface area (TPSA) is 132 Å². The number of hydrazone groups is 1. The smallest absolute Gasteiger partial charge is 0.278 e. The summed E-state index contributed by atoms with van der Waals surface area (Å²) in [5.74, 6) is 1.56. The normalized spacial score (nSPS) is 11.0. The largest absolute Gasteiger partial charge is 0.493 e. The second-order valence-electron chi connectivity index (χ2n) is 7.30. The van der Waals surface area contributed by atoms with Gasteiger partial charge in [0.15, 0.2) is 11.5 Å². The van der Waals surface area contributed by atoms with Gasteiger partial charge in [0.2, 0.25) is 0 Å². The monoisotopic (exact) mass is 459 g/mol. The Labute approximate surface area is 194 Å². The number of fused-ring (bicyclic) bond motifs is 1. The van der Waals surface area contributed by atoms with Crippen molar-refractivity contribution in [1.82, 2.24) is 15.4 Å². The second-order valence-corrected chi connectivity index (χ2v) is 7.30. The summed E-state index contributed by atoms with van der Waals surface area (Å²) < 4.78 is 10.6. The predicted molar refractivity (Wildman–Crippen MR) is 127 cm³/mol. The molecular weight excluding hydrogens is 438 g/mol. The van der Waals surface area contributed by atoms with E-state index in [1.54, 1.807) is 50.6 Å². The molecule has 3 aromatic carbocycles. The molecule has 1 aromatic heterocycles. The van der Waals surface area contributed by atoms with Crippen molar-refractivity contribution < 1.29 is 19.2 Å². The number of hydrogen-bond acceptors (Lipinski definition) is 7. The van der Waals surface area contributed by atoms with Crippen LogP contribution in [-0.4, -0.2) is 41.2 Å². The summed E-state index contributed by atoms with van der Waals surface area (Å²) in [7, 11) is 3.17. The van der Waals surface area contributed by atoms with E-state index in [4.69, 9.17) is 9.47 Å². The van der Waals surface area contributed by atoms with E-state index in [0.717, 1.165) is 16.9 Å². The van der Waals surface area contributed by atoms with Gasteiger partial charge in [-0.3, -0.25) is 14.9 Å². The summed E-state index contributed by atoms with van der Waals surface area (Å²) in [6.45, 7) is 0. The minimum Gasteiger partial charge on any atom is -0.493 e. The minimum atomic E-state index is -0.505. The Hall–Kier alpha value is -4.73. The summed E-state index contributed by atoms with van der Waals surface area (Å²) in [6, 6.07) is 16.8. The minimum absolute atomic E-state index is 0.0959. The maximum Gasteiger partial charge on any atom is 0.278 e. The molecule has 0 saturated heterocycles. The van der Waals surface area contributed by atoms with Gasteiger partial charge in [0.25, 0.3) is 11.6 Å². The van der Waals surface area contributed by atoms with Crippen LogP contribution in [0, 0.1) is 10.1 Å². The molecule has 0 aliphatic heterocycles. The van der Waals surface area contributed by atoms with Crippen LogP contribution in [0.5, 0.6) is 11.5 Å². The lowest BCUT2D eigenvalue weighted by atomic mass is 10.1. The van der Waals surface area contributed by atoms with Crippen LogP contribution in [0.15, 0.2) is 65.8 Å². The number of aromatic amines is 1. The number of benzene rings is 3. The Morgan fingerprint density at radius 3 is 2.68 bits per heavy atom. The molecule has 0 saturated carbocycles. The quantitative estimate of drug-likeness (QED) is 0.234. The van der Waals surface area contributed by atoms with E-state index >= 15 is 0 Å². The van der Waals surface area contributed by atoms with Crippen molar-refractivity contribution >= 4 is 28.8 Å². The first-order valence-corrected chi connectivity index (χ1v) is 10.2. The third-order valence-corrected chi connectivity index (χ3v) is 5.12. The zero-order valence-electron chi connectivity index (χ0n) is 18.4. The average molecular weight is 459 g/mol. The standard InChI is InChI=1S/C24H21N5O5/c1-33-21-10-7-15(11-22(21)34-2)12-23-26-18-9-8-16(13-19(18)27-23)24(30)28-25-14-17-5-3-4-6-20(17)29(31)32/h3-11,13-14H,12H2,1-2H3,(H,26,27)(H,28,30)/b25-14-. The number of hydrogen-bond donors (Lipinski definition) is 2. The van der Waals surface area contributed by atoms with Crippen molar-refractivity contribution in [3.63, 3.8) is 0 Å². The summed E-state index contributed by atoms with van der Waals surface area (Å²) in [6.07, 6.45) is 1.78. The van der Waals surface area contributed by atoms with Crippen molar-refractivity contribution in [2.75, 3.05) is 14.2 Å². The number of nitrogens with zero attached hydrogens (tertiary/aromatic N) is 3. The maximum absolute atomic E-state index is 12.5. The number of nitro groups is 1. The van der Waals surface area contributed by atoms with Gasteiger partial charge in [-0.2, -0.15) is 5.10 Å². The Balaban J connectivity index is 1.48.